The second kappa shape index (κ2) is 5.02. The van der Waals surface area contributed by atoms with Crippen LogP contribution >= 0.6 is 0 Å². The highest BCUT2D eigenvalue weighted by Crippen LogP contribution is 2.39. The summed E-state index contributed by atoms with van der Waals surface area (Å²) in [6.07, 6.45) is 1.75. The average Bonchev–Trinajstić information content (AvgIpc) is 2.90. The van der Waals surface area contributed by atoms with E-state index in [-0.39, 0.29) is 5.91 Å². The van der Waals surface area contributed by atoms with Crippen LogP contribution in [0.3, 0.4) is 0 Å². The van der Waals surface area contributed by atoms with Gasteiger partial charge in [-0.1, -0.05) is 49.0 Å². The molecule has 3 nitrogen and oxygen atoms in total. The topological polar surface area (TPSA) is 33.2 Å². The first-order chi connectivity index (χ1) is 12.2. The minimum absolute atomic E-state index is 0.0519. The highest BCUT2D eigenvalue weighted by Gasteiger charge is 2.33. The molecule has 2 heterocycles. The van der Waals surface area contributed by atoms with E-state index in [0.29, 0.717) is 11.3 Å². The van der Waals surface area contributed by atoms with Crippen molar-refractivity contribution < 1.29 is 4.79 Å². The van der Waals surface area contributed by atoms with Gasteiger partial charge < -0.3 is 0 Å². The Labute approximate surface area is 144 Å². The van der Waals surface area contributed by atoms with Crippen molar-refractivity contribution in [2.24, 2.45) is 0 Å². The summed E-state index contributed by atoms with van der Waals surface area (Å²) in [5, 5.41) is 3.16. The number of fused-ring (bicyclic) bond motifs is 3. The predicted molar refractivity (Wildman–Crippen MR) is 102 cm³/mol. The SMILES string of the molecule is C=C1c2cc3ccccc3cc2C(=O)N1c1cccc2cccnc12. The number of amides is 1. The number of nitrogens with zero attached hydrogens (tertiary/aromatic N) is 2. The van der Waals surface area contributed by atoms with Crippen LogP contribution in [0.1, 0.15) is 15.9 Å². The normalized spacial score (nSPS) is 13.7. The van der Waals surface area contributed by atoms with Crippen LogP contribution in [0, 0.1) is 0 Å². The number of carbonyl (C=O) groups is 1. The summed E-state index contributed by atoms with van der Waals surface area (Å²) < 4.78 is 0. The molecule has 1 aliphatic rings. The van der Waals surface area contributed by atoms with E-state index in [1.807, 2.05) is 60.7 Å². The van der Waals surface area contributed by atoms with E-state index in [2.05, 4.69) is 17.6 Å². The Morgan fingerprint density at radius 2 is 1.48 bits per heavy atom. The highest BCUT2D eigenvalue weighted by atomic mass is 16.2. The lowest BCUT2D eigenvalue weighted by Gasteiger charge is -2.19. The molecule has 1 amide bonds. The molecule has 5 rings (SSSR count). The Hall–Kier alpha value is -3.46. The maximum atomic E-state index is 13.1. The molecule has 0 atom stereocenters. The van der Waals surface area contributed by atoms with Crippen molar-refractivity contribution >= 4 is 39.0 Å². The van der Waals surface area contributed by atoms with Crippen molar-refractivity contribution in [3.8, 4) is 0 Å². The zero-order valence-electron chi connectivity index (χ0n) is 13.4. The third-order valence-electron chi connectivity index (χ3n) is 4.75. The van der Waals surface area contributed by atoms with Gasteiger partial charge >= 0.3 is 0 Å². The van der Waals surface area contributed by atoms with Gasteiger partial charge in [-0.2, -0.15) is 0 Å². The fourth-order valence-corrected chi connectivity index (χ4v) is 3.54. The molecule has 0 saturated carbocycles. The van der Waals surface area contributed by atoms with E-state index in [1.165, 1.54) is 0 Å². The lowest BCUT2D eigenvalue weighted by atomic mass is 10.0. The molecule has 0 N–H and O–H groups in total. The summed E-state index contributed by atoms with van der Waals surface area (Å²) >= 11 is 0. The molecule has 25 heavy (non-hydrogen) atoms. The van der Waals surface area contributed by atoms with Gasteiger partial charge in [0.2, 0.25) is 0 Å². The van der Waals surface area contributed by atoms with Gasteiger partial charge in [0, 0.05) is 17.1 Å². The fraction of sp³-hybridized carbons (Fsp3) is 0. The van der Waals surface area contributed by atoms with Gasteiger partial charge in [-0.3, -0.25) is 14.7 Å². The van der Waals surface area contributed by atoms with E-state index >= 15 is 0 Å². The number of para-hydroxylation sites is 1. The molecular weight excluding hydrogens is 308 g/mol. The molecule has 4 aromatic rings. The largest absolute Gasteiger partial charge is 0.275 e. The number of rotatable bonds is 1. The van der Waals surface area contributed by atoms with E-state index in [9.17, 15) is 4.79 Å². The Morgan fingerprint density at radius 3 is 2.28 bits per heavy atom. The van der Waals surface area contributed by atoms with Crippen LogP contribution in [0.5, 0.6) is 0 Å². The molecular formula is C22H14N2O. The maximum absolute atomic E-state index is 13.1. The smallest absolute Gasteiger partial charge is 0.263 e. The maximum Gasteiger partial charge on any atom is 0.263 e. The number of aromatic nitrogens is 1. The molecule has 0 bridgehead atoms. The zero-order valence-corrected chi connectivity index (χ0v) is 13.4. The highest BCUT2D eigenvalue weighted by molar-refractivity contribution is 6.25. The van der Waals surface area contributed by atoms with Crippen molar-refractivity contribution in [3.63, 3.8) is 0 Å². The van der Waals surface area contributed by atoms with Crippen LogP contribution in [-0.4, -0.2) is 10.9 Å². The van der Waals surface area contributed by atoms with Gasteiger partial charge in [0.25, 0.3) is 5.91 Å². The summed E-state index contributed by atoms with van der Waals surface area (Å²) in [5.74, 6) is -0.0519. The minimum atomic E-state index is -0.0519. The van der Waals surface area contributed by atoms with E-state index in [4.69, 9.17) is 0 Å². The summed E-state index contributed by atoms with van der Waals surface area (Å²) in [4.78, 5) is 19.3. The molecule has 0 fully saturated rings. The van der Waals surface area contributed by atoms with Crippen LogP contribution in [0.2, 0.25) is 0 Å². The van der Waals surface area contributed by atoms with Crippen LogP contribution in [0.4, 0.5) is 5.69 Å². The average molecular weight is 322 g/mol. The van der Waals surface area contributed by atoms with Gasteiger partial charge in [-0.25, -0.2) is 0 Å². The summed E-state index contributed by atoms with van der Waals surface area (Å²) in [5.41, 5.74) is 3.85. The van der Waals surface area contributed by atoms with Crippen LogP contribution < -0.4 is 4.90 Å². The Kier molecular flexibility index (Phi) is 2.80. The molecule has 0 aliphatic carbocycles. The molecule has 0 spiro atoms. The van der Waals surface area contributed by atoms with E-state index in [1.54, 1.807) is 11.1 Å². The molecule has 3 heteroatoms. The Bertz CT molecular complexity index is 1130. The van der Waals surface area contributed by atoms with E-state index in [0.717, 1.165) is 32.9 Å². The molecule has 118 valence electrons. The molecule has 0 saturated heterocycles. The second-order valence-electron chi connectivity index (χ2n) is 6.18. The van der Waals surface area contributed by atoms with Gasteiger partial charge in [-0.05, 0) is 35.0 Å². The third kappa shape index (κ3) is 1.93. The lowest BCUT2D eigenvalue weighted by molar-refractivity contribution is 0.101. The van der Waals surface area contributed by atoms with Gasteiger partial charge in [0.1, 0.15) is 0 Å². The van der Waals surface area contributed by atoms with E-state index < -0.39 is 0 Å². The second-order valence-corrected chi connectivity index (χ2v) is 6.18. The van der Waals surface area contributed by atoms with Gasteiger partial charge in [0.05, 0.1) is 22.5 Å². The first-order valence-corrected chi connectivity index (χ1v) is 8.14. The summed E-state index contributed by atoms with van der Waals surface area (Å²) in [6.45, 7) is 4.19. The Morgan fingerprint density at radius 1 is 0.800 bits per heavy atom. The van der Waals surface area contributed by atoms with Gasteiger partial charge in [-0.15, -0.1) is 0 Å². The van der Waals surface area contributed by atoms with Crippen molar-refractivity contribution in [2.75, 3.05) is 4.90 Å². The standard InChI is InChI=1S/C22H14N2O/c1-14-18-12-16-6-2-3-7-17(16)13-19(18)22(25)24(14)20-10-4-8-15-9-5-11-23-21(15)20/h2-13H,1H2. The number of hydrogen-bond acceptors (Lipinski definition) is 2. The summed E-state index contributed by atoms with van der Waals surface area (Å²) in [6, 6.07) is 21.8. The van der Waals surface area contributed by atoms with Crippen molar-refractivity contribution in [1.82, 2.24) is 4.98 Å². The van der Waals surface area contributed by atoms with Gasteiger partial charge in [0.15, 0.2) is 0 Å². The van der Waals surface area contributed by atoms with Crippen molar-refractivity contribution in [1.29, 1.82) is 0 Å². The third-order valence-corrected chi connectivity index (χ3v) is 4.75. The Balaban J connectivity index is 1.74. The first-order valence-electron chi connectivity index (χ1n) is 8.14. The molecule has 0 unspecified atom stereocenters. The fourth-order valence-electron chi connectivity index (χ4n) is 3.54. The zero-order chi connectivity index (χ0) is 17.0. The lowest BCUT2D eigenvalue weighted by Crippen LogP contribution is -2.22. The molecule has 3 aromatic carbocycles. The quantitative estimate of drug-likeness (QED) is 0.493. The van der Waals surface area contributed by atoms with Crippen LogP contribution in [-0.2, 0) is 0 Å². The number of carbonyl (C=O) groups excluding carboxylic acids is 1. The minimum Gasteiger partial charge on any atom is -0.275 e. The molecule has 1 aromatic heterocycles. The van der Waals surface area contributed by atoms with Crippen LogP contribution in [0.25, 0.3) is 27.4 Å². The molecule has 1 aliphatic heterocycles. The first kappa shape index (κ1) is 13.9. The van der Waals surface area contributed by atoms with Crippen molar-refractivity contribution in [2.45, 2.75) is 0 Å². The number of pyridine rings is 1. The predicted octanol–water partition coefficient (Wildman–Crippen LogP) is 5.02. The number of anilines is 1. The molecule has 0 radical (unpaired) electrons. The summed E-state index contributed by atoms with van der Waals surface area (Å²) in [7, 11) is 0. The number of hydrogen-bond donors (Lipinski definition) is 0. The van der Waals surface area contributed by atoms with Crippen LogP contribution in [0.15, 0.2) is 79.5 Å². The monoisotopic (exact) mass is 322 g/mol. The van der Waals surface area contributed by atoms with Crippen molar-refractivity contribution in [3.05, 3.63) is 90.6 Å². The number of benzene rings is 3.